The molecule has 0 aliphatic heterocycles. The molecule has 5 heteroatoms. The van der Waals surface area contributed by atoms with E-state index in [-0.39, 0.29) is 25.6 Å². The van der Waals surface area contributed by atoms with Crippen molar-refractivity contribution in [2.24, 2.45) is 0 Å². The molecule has 0 radical (unpaired) electrons. The van der Waals surface area contributed by atoms with Crippen molar-refractivity contribution in [3.8, 4) is 12.3 Å². The van der Waals surface area contributed by atoms with Gasteiger partial charge in [0.05, 0.1) is 25.3 Å². The van der Waals surface area contributed by atoms with Gasteiger partial charge in [-0.3, -0.25) is 4.79 Å². The van der Waals surface area contributed by atoms with Crippen LogP contribution in [-0.4, -0.2) is 48.0 Å². The molecule has 80 valence electrons. The Balaban J connectivity index is 3.68. The predicted molar refractivity (Wildman–Crippen MR) is 52.4 cm³/mol. The van der Waals surface area contributed by atoms with Crippen LogP contribution in [0.15, 0.2) is 0 Å². The summed E-state index contributed by atoms with van der Waals surface area (Å²) in [4.78, 5) is 11.2. The van der Waals surface area contributed by atoms with Crippen LogP contribution in [0, 0.1) is 12.3 Å². The second-order valence-electron chi connectivity index (χ2n) is 2.89. The zero-order chi connectivity index (χ0) is 11.0. The maximum Gasteiger partial charge on any atom is 0.237 e. The number of nitrogens with one attached hydrogen (secondary N) is 2. The van der Waals surface area contributed by atoms with Gasteiger partial charge in [-0.25, -0.2) is 0 Å². The number of rotatable bonds is 6. The van der Waals surface area contributed by atoms with Gasteiger partial charge < -0.3 is 20.8 Å². The second-order valence-corrected chi connectivity index (χ2v) is 2.89. The van der Waals surface area contributed by atoms with E-state index in [1.165, 1.54) is 0 Å². The predicted octanol–water partition coefficient (Wildman–Crippen LogP) is -1.93. The number of terminal acetylenes is 1. The Hall–Kier alpha value is -1.09. The summed E-state index contributed by atoms with van der Waals surface area (Å²) in [5.74, 6) is 2.05. The van der Waals surface area contributed by atoms with E-state index in [0.29, 0.717) is 0 Å². The molecule has 0 bridgehead atoms. The Morgan fingerprint density at radius 2 is 2.29 bits per heavy atom. The van der Waals surface area contributed by atoms with E-state index in [0.717, 1.165) is 0 Å². The lowest BCUT2D eigenvalue weighted by molar-refractivity contribution is -0.122. The van der Waals surface area contributed by atoms with Crippen LogP contribution >= 0.6 is 0 Å². The largest absolute Gasteiger partial charge is 0.394 e. The molecule has 0 aromatic carbocycles. The summed E-state index contributed by atoms with van der Waals surface area (Å²) in [6, 6.07) is -0.440. The molecule has 0 aliphatic rings. The number of carbonyl (C=O) groups is 1. The highest BCUT2D eigenvalue weighted by Gasteiger charge is 2.12. The lowest BCUT2D eigenvalue weighted by Gasteiger charge is -2.14. The van der Waals surface area contributed by atoms with Crippen molar-refractivity contribution in [3.63, 3.8) is 0 Å². The number of aliphatic hydroxyl groups is 2. The number of carbonyl (C=O) groups excluding carboxylic acids is 1. The molecule has 0 saturated heterocycles. The molecule has 0 saturated carbocycles. The average molecular weight is 200 g/mol. The number of aliphatic hydroxyl groups excluding tert-OH is 2. The molecule has 14 heavy (non-hydrogen) atoms. The lowest BCUT2D eigenvalue weighted by Crippen LogP contribution is -2.45. The number of hydrogen-bond donors (Lipinski definition) is 4. The van der Waals surface area contributed by atoms with E-state index in [9.17, 15) is 4.79 Å². The standard InChI is InChI=1S/C9H16N2O3/c1-3-4-10-9(14)7(2)11-5-8(13)6-12/h1,7-8,11-13H,4-6H2,2H3,(H,10,14). The first-order chi connectivity index (χ1) is 6.61. The Labute approximate surface area is 83.5 Å². The Bertz CT molecular complexity index is 213. The third kappa shape index (κ3) is 5.54. The fraction of sp³-hybridized carbons (Fsp3) is 0.667. The fourth-order valence-electron chi connectivity index (χ4n) is 0.761. The van der Waals surface area contributed by atoms with Crippen LogP contribution in [0.5, 0.6) is 0 Å². The minimum absolute atomic E-state index is 0.168. The number of amides is 1. The highest BCUT2D eigenvalue weighted by Crippen LogP contribution is 1.84. The first kappa shape index (κ1) is 12.9. The summed E-state index contributed by atoms with van der Waals surface area (Å²) in [6.07, 6.45) is 4.11. The van der Waals surface area contributed by atoms with Gasteiger partial charge in [0.1, 0.15) is 0 Å². The van der Waals surface area contributed by atoms with Crippen molar-refractivity contribution < 1.29 is 15.0 Å². The molecule has 5 nitrogen and oxygen atoms in total. The molecule has 1 amide bonds. The van der Waals surface area contributed by atoms with E-state index in [4.69, 9.17) is 16.6 Å². The minimum Gasteiger partial charge on any atom is -0.394 e. The molecule has 2 atom stereocenters. The molecule has 0 rings (SSSR count). The van der Waals surface area contributed by atoms with E-state index < -0.39 is 12.1 Å². The summed E-state index contributed by atoms with van der Waals surface area (Å²) in [5.41, 5.74) is 0. The smallest absolute Gasteiger partial charge is 0.237 e. The minimum atomic E-state index is -0.849. The van der Waals surface area contributed by atoms with Gasteiger partial charge in [0.15, 0.2) is 0 Å². The quantitative estimate of drug-likeness (QED) is 0.376. The lowest BCUT2D eigenvalue weighted by atomic mass is 10.3. The topological polar surface area (TPSA) is 81.6 Å². The molecule has 0 aromatic heterocycles. The Kier molecular flexibility index (Phi) is 6.76. The average Bonchev–Trinajstić information content (AvgIpc) is 2.21. The van der Waals surface area contributed by atoms with Gasteiger partial charge >= 0.3 is 0 Å². The molecule has 0 heterocycles. The van der Waals surface area contributed by atoms with Gasteiger partial charge in [-0.2, -0.15) is 0 Å². The fourth-order valence-corrected chi connectivity index (χ4v) is 0.761. The van der Waals surface area contributed by atoms with Gasteiger partial charge in [-0.15, -0.1) is 6.42 Å². The van der Waals surface area contributed by atoms with Crippen LogP contribution in [0.4, 0.5) is 0 Å². The maximum absolute atomic E-state index is 11.2. The molecule has 0 spiro atoms. The Morgan fingerprint density at radius 1 is 1.64 bits per heavy atom. The van der Waals surface area contributed by atoms with Crippen molar-refractivity contribution in [2.45, 2.75) is 19.1 Å². The van der Waals surface area contributed by atoms with Crippen molar-refractivity contribution in [3.05, 3.63) is 0 Å². The second kappa shape index (κ2) is 7.33. The first-order valence-corrected chi connectivity index (χ1v) is 4.35. The normalized spacial score (nSPS) is 14.1. The van der Waals surface area contributed by atoms with Gasteiger partial charge in [0.25, 0.3) is 0 Å². The monoisotopic (exact) mass is 200 g/mol. The third-order valence-corrected chi connectivity index (χ3v) is 1.63. The van der Waals surface area contributed by atoms with Crippen LogP contribution in [0.2, 0.25) is 0 Å². The van der Waals surface area contributed by atoms with Gasteiger partial charge in [0, 0.05) is 6.54 Å². The molecular formula is C9H16N2O3. The summed E-state index contributed by atoms with van der Waals surface area (Å²) < 4.78 is 0. The summed E-state index contributed by atoms with van der Waals surface area (Å²) in [5, 5.41) is 22.7. The van der Waals surface area contributed by atoms with E-state index in [1.807, 2.05) is 0 Å². The highest BCUT2D eigenvalue weighted by molar-refractivity contribution is 5.81. The summed E-state index contributed by atoms with van der Waals surface area (Å²) in [6.45, 7) is 1.68. The van der Waals surface area contributed by atoms with Crippen LogP contribution in [0.25, 0.3) is 0 Å². The van der Waals surface area contributed by atoms with Crippen molar-refractivity contribution in [2.75, 3.05) is 19.7 Å². The van der Waals surface area contributed by atoms with Crippen LogP contribution in [0.3, 0.4) is 0 Å². The van der Waals surface area contributed by atoms with E-state index in [2.05, 4.69) is 16.6 Å². The van der Waals surface area contributed by atoms with Crippen molar-refractivity contribution in [1.82, 2.24) is 10.6 Å². The Morgan fingerprint density at radius 3 is 2.79 bits per heavy atom. The molecule has 2 unspecified atom stereocenters. The van der Waals surface area contributed by atoms with Gasteiger partial charge in [-0.05, 0) is 6.92 Å². The SMILES string of the molecule is C#CCNC(=O)C(C)NCC(O)CO. The van der Waals surface area contributed by atoms with Crippen molar-refractivity contribution in [1.29, 1.82) is 0 Å². The van der Waals surface area contributed by atoms with E-state index in [1.54, 1.807) is 6.92 Å². The van der Waals surface area contributed by atoms with Crippen LogP contribution < -0.4 is 10.6 Å². The summed E-state index contributed by atoms with van der Waals surface area (Å²) in [7, 11) is 0. The molecule has 0 aromatic rings. The van der Waals surface area contributed by atoms with Gasteiger partial charge in [-0.1, -0.05) is 5.92 Å². The van der Waals surface area contributed by atoms with E-state index >= 15 is 0 Å². The molecule has 0 fully saturated rings. The summed E-state index contributed by atoms with van der Waals surface area (Å²) >= 11 is 0. The first-order valence-electron chi connectivity index (χ1n) is 4.35. The van der Waals surface area contributed by atoms with Crippen LogP contribution in [-0.2, 0) is 4.79 Å². The van der Waals surface area contributed by atoms with Crippen molar-refractivity contribution >= 4 is 5.91 Å². The third-order valence-electron chi connectivity index (χ3n) is 1.63. The zero-order valence-corrected chi connectivity index (χ0v) is 8.16. The maximum atomic E-state index is 11.2. The van der Waals surface area contributed by atoms with Crippen LogP contribution in [0.1, 0.15) is 6.92 Å². The molecule has 0 aliphatic carbocycles. The number of hydrogen-bond acceptors (Lipinski definition) is 4. The zero-order valence-electron chi connectivity index (χ0n) is 8.16. The highest BCUT2D eigenvalue weighted by atomic mass is 16.3. The van der Waals surface area contributed by atoms with Gasteiger partial charge in [0.2, 0.25) is 5.91 Å². The molecular weight excluding hydrogens is 184 g/mol. The molecule has 4 N–H and O–H groups in total.